The van der Waals surface area contributed by atoms with Crippen LogP contribution >= 0.6 is 0 Å². The number of alkyl carbamates (subject to hydrolysis) is 1. The van der Waals surface area contributed by atoms with Crippen LogP contribution < -0.4 is 10.6 Å². The molecule has 7 heteroatoms. The molecular weight excluding hydrogens is 408 g/mol. The Kier molecular flexibility index (Phi) is 7.87. The van der Waals surface area contributed by atoms with Crippen LogP contribution in [0.4, 0.5) is 4.79 Å². The summed E-state index contributed by atoms with van der Waals surface area (Å²) in [5, 5.41) is 14.0. The molecule has 0 bridgehead atoms. The molecule has 0 spiro atoms. The zero-order valence-electron chi connectivity index (χ0n) is 18.5. The van der Waals surface area contributed by atoms with Gasteiger partial charge in [-0.1, -0.05) is 55.5 Å². The van der Waals surface area contributed by atoms with E-state index in [9.17, 15) is 14.4 Å². The number of hydrogen-bond acceptors (Lipinski definition) is 4. The van der Waals surface area contributed by atoms with Crippen molar-refractivity contribution in [1.29, 1.82) is 0 Å². The number of fused-ring (bicyclic) bond motifs is 3. The summed E-state index contributed by atoms with van der Waals surface area (Å²) in [5.41, 5.74) is 4.72. The van der Waals surface area contributed by atoms with Crippen molar-refractivity contribution in [3.8, 4) is 11.1 Å². The first-order valence-corrected chi connectivity index (χ1v) is 11.0. The van der Waals surface area contributed by atoms with Crippen LogP contribution in [0, 0.1) is 5.92 Å². The summed E-state index contributed by atoms with van der Waals surface area (Å²) >= 11 is 0. The minimum atomic E-state index is -1.06. The van der Waals surface area contributed by atoms with Gasteiger partial charge < -0.3 is 20.5 Å². The van der Waals surface area contributed by atoms with E-state index in [1.54, 1.807) is 0 Å². The second kappa shape index (κ2) is 10.8. The van der Waals surface area contributed by atoms with Gasteiger partial charge in [0.25, 0.3) is 0 Å². The highest BCUT2D eigenvalue weighted by atomic mass is 16.5. The molecule has 2 aromatic rings. The van der Waals surface area contributed by atoms with Gasteiger partial charge in [0.1, 0.15) is 12.6 Å². The predicted molar refractivity (Wildman–Crippen MR) is 121 cm³/mol. The Morgan fingerprint density at radius 1 is 0.969 bits per heavy atom. The Hall–Kier alpha value is -3.35. The zero-order valence-corrected chi connectivity index (χ0v) is 18.5. The average molecular weight is 439 g/mol. The van der Waals surface area contributed by atoms with Gasteiger partial charge in [-0.15, -0.1) is 0 Å². The summed E-state index contributed by atoms with van der Waals surface area (Å²) in [4.78, 5) is 34.7. The largest absolute Gasteiger partial charge is 0.480 e. The van der Waals surface area contributed by atoms with Gasteiger partial charge in [0.05, 0.1) is 0 Å². The third-order valence-corrected chi connectivity index (χ3v) is 5.86. The Morgan fingerprint density at radius 2 is 1.56 bits per heavy atom. The highest BCUT2D eigenvalue weighted by Crippen LogP contribution is 2.44. The highest BCUT2D eigenvalue weighted by Gasteiger charge is 2.28. The van der Waals surface area contributed by atoms with Crippen LogP contribution in [-0.2, 0) is 14.3 Å². The quantitative estimate of drug-likeness (QED) is 0.521. The number of ether oxygens (including phenoxy) is 1. The van der Waals surface area contributed by atoms with E-state index < -0.39 is 18.1 Å². The fourth-order valence-corrected chi connectivity index (χ4v) is 3.97. The minimum absolute atomic E-state index is 0.0266. The van der Waals surface area contributed by atoms with Gasteiger partial charge in [-0.2, -0.15) is 0 Å². The van der Waals surface area contributed by atoms with Crippen LogP contribution in [0.3, 0.4) is 0 Å². The molecule has 1 aliphatic rings. The lowest BCUT2D eigenvalue weighted by atomic mass is 9.98. The van der Waals surface area contributed by atoms with Gasteiger partial charge in [0.2, 0.25) is 5.91 Å². The number of benzene rings is 2. The molecule has 2 unspecified atom stereocenters. The molecule has 0 aromatic heterocycles. The number of aliphatic carboxylic acids is 1. The van der Waals surface area contributed by atoms with E-state index in [2.05, 4.69) is 34.9 Å². The van der Waals surface area contributed by atoms with Gasteiger partial charge in [0, 0.05) is 18.9 Å². The maximum atomic E-state index is 12.2. The fourth-order valence-electron chi connectivity index (χ4n) is 3.97. The highest BCUT2D eigenvalue weighted by molar-refractivity contribution is 5.83. The number of carboxylic acid groups (broad SMARTS) is 1. The Balaban J connectivity index is 1.39. The van der Waals surface area contributed by atoms with Crippen molar-refractivity contribution in [2.75, 3.05) is 13.2 Å². The third-order valence-electron chi connectivity index (χ3n) is 5.86. The Morgan fingerprint density at radius 3 is 2.16 bits per heavy atom. The summed E-state index contributed by atoms with van der Waals surface area (Å²) in [6.45, 7) is 4.15. The van der Waals surface area contributed by atoms with Gasteiger partial charge in [-0.3, -0.25) is 9.59 Å². The van der Waals surface area contributed by atoms with Crippen LogP contribution in [0.25, 0.3) is 11.1 Å². The molecule has 170 valence electrons. The van der Waals surface area contributed by atoms with Gasteiger partial charge in [0.15, 0.2) is 0 Å². The molecule has 1 aliphatic carbocycles. The van der Waals surface area contributed by atoms with E-state index in [1.807, 2.05) is 31.2 Å². The summed E-state index contributed by atoms with van der Waals surface area (Å²) in [7, 11) is 0. The molecule has 3 N–H and O–H groups in total. The molecule has 0 saturated carbocycles. The smallest absolute Gasteiger partial charge is 0.407 e. The van der Waals surface area contributed by atoms with Crippen LogP contribution in [0.1, 0.15) is 50.2 Å². The van der Waals surface area contributed by atoms with Gasteiger partial charge >= 0.3 is 12.1 Å². The van der Waals surface area contributed by atoms with E-state index >= 15 is 0 Å². The number of nitrogens with one attached hydrogen (secondary N) is 2. The van der Waals surface area contributed by atoms with Gasteiger partial charge in [-0.25, -0.2) is 4.79 Å². The van der Waals surface area contributed by atoms with Crippen LogP contribution in [0.15, 0.2) is 48.5 Å². The number of rotatable bonds is 10. The van der Waals surface area contributed by atoms with E-state index in [0.29, 0.717) is 19.4 Å². The van der Waals surface area contributed by atoms with Crippen molar-refractivity contribution in [3.63, 3.8) is 0 Å². The number of carbonyl (C=O) groups is 3. The maximum absolute atomic E-state index is 12.2. The summed E-state index contributed by atoms with van der Waals surface area (Å²) in [6.07, 6.45) is 1.12. The molecule has 0 fully saturated rings. The minimum Gasteiger partial charge on any atom is -0.480 e. The van der Waals surface area contributed by atoms with Gasteiger partial charge in [-0.05, 0) is 47.9 Å². The molecule has 7 nitrogen and oxygen atoms in total. The molecule has 0 heterocycles. The van der Waals surface area contributed by atoms with E-state index in [-0.39, 0.29) is 30.8 Å². The first kappa shape index (κ1) is 23.3. The summed E-state index contributed by atoms with van der Waals surface area (Å²) in [5.74, 6) is -1.11. The topological polar surface area (TPSA) is 105 Å². The van der Waals surface area contributed by atoms with E-state index in [4.69, 9.17) is 9.84 Å². The van der Waals surface area contributed by atoms with E-state index in [0.717, 1.165) is 0 Å². The summed E-state index contributed by atoms with van der Waals surface area (Å²) < 4.78 is 5.52. The van der Waals surface area contributed by atoms with Crippen LogP contribution in [0.2, 0.25) is 0 Å². The van der Waals surface area contributed by atoms with Crippen molar-refractivity contribution in [2.24, 2.45) is 5.92 Å². The standard InChI is InChI=1S/C25H30N2O5/c1-16(11-12-23(28)27-17(2)24(29)30)13-14-26-25(31)32-15-22-20-9-5-3-7-18(20)19-8-4-6-10-21(19)22/h3-10,16-17,22H,11-15H2,1-2H3,(H,26,31)(H,27,28)(H,29,30). The molecule has 2 aromatic carbocycles. The molecule has 0 saturated heterocycles. The normalized spacial score (nSPS) is 14.1. The van der Waals surface area contributed by atoms with Crippen LogP contribution in [0.5, 0.6) is 0 Å². The monoisotopic (exact) mass is 438 g/mol. The van der Waals surface area contributed by atoms with E-state index in [1.165, 1.54) is 29.2 Å². The van der Waals surface area contributed by atoms with Crippen LogP contribution in [-0.4, -0.2) is 42.3 Å². The lowest BCUT2D eigenvalue weighted by Gasteiger charge is -2.16. The lowest BCUT2D eigenvalue weighted by molar-refractivity contribution is -0.141. The number of hydrogen-bond donors (Lipinski definition) is 3. The molecule has 2 atom stereocenters. The zero-order chi connectivity index (χ0) is 23.1. The fraction of sp³-hybridized carbons (Fsp3) is 0.400. The molecule has 0 radical (unpaired) electrons. The van der Waals surface area contributed by atoms with Crippen molar-refractivity contribution in [2.45, 2.75) is 45.1 Å². The van der Waals surface area contributed by atoms with Crippen molar-refractivity contribution in [3.05, 3.63) is 59.7 Å². The first-order chi connectivity index (χ1) is 15.4. The Bertz CT molecular complexity index is 929. The molecular formula is C25H30N2O5. The maximum Gasteiger partial charge on any atom is 0.407 e. The van der Waals surface area contributed by atoms with Crippen molar-refractivity contribution < 1.29 is 24.2 Å². The Labute approximate surface area is 188 Å². The lowest BCUT2D eigenvalue weighted by Crippen LogP contribution is -2.38. The molecule has 0 aliphatic heterocycles. The first-order valence-electron chi connectivity index (χ1n) is 11.0. The van der Waals surface area contributed by atoms with Crippen molar-refractivity contribution in [1.82, 2.24) is 10.6 Å². The SMILES string of the molecule is CC(CCNC(=O)OCC1c2ccccc2-c2ccccc21)CCC(=O)NC(C)C(=O)O. The molecule has 2 amide bonds. The number of carboxylic acids is 1. The predicted octanol–water partition coefficient (Wildman–Crippen LogP) is 3.92. The molecule has 3 rings (SSSR count). The molecule has 32 heavy (non-hydrogen) atoms. The van der Waals surface area contributed by atoms with Crippen molar-refractivity contribution >= 4 is 18.0 Å². The second-order valence-corrected chi connectivity index (χ2v) is 8.31. The second-order valence-electron chi connectivity index (χ2n) is 8.31. The number of amides is 2. The number of carbonyl (C=O) groups excluding carboxylic acids is 2. The summed E-state index contributed by atoms with van der Waals surface area (Å²) in [6, 6.07) is 15.5. The average Bonchev–Trinajstić information content (AvgIpc) is 3.10. The third kappa shape index (κ3) is 5.87.